The second kappa shape index (κ2) is 5.83. The van der Waals surface area contributed by atoms with Gasteiger partial charge in [-0.1, -0.05) is 13.8 Å². The van der Waals surface area contributed by atoms with E-state index in [4.69, 9.17) is 9.84 Å². The maximum atomic E-state index is 10.9. The second-order valence-electron chi connectivity index (χ2n) is 3.22. The van der Waals surface area contributed by atoms with Gasteiger partial charge in [-0.15, -0.1) is 0 Å². The van der Waals surface area contributed by atoms with Gasteiger partial charge in [0.05, 0.1) is 19.3 Å². The van der Waals surface area contributed by atoms with Crippen LogP contribution in [0.1, 0.15) is 20.8 Å². The van der Waals surface area contributed by atoms with Gasteiger partial charge in [-0.2, -0.15) is 0 Å². The van der Waals surface area contributed by atoms with Crippen molar-refractivity contribution in [2.24, 2.45) is 5.92 Å². The van der Waals surface area contributed by atoms with Gasteiger partial charge in [-0.3, -0.25) is 0 Å². The Morgan fingerprint density at radius 1 is 1.50 bits per heavy atom. The first-order valence-electron chi connectivity index (χ1n) is 4.10. The van der Waals surface area contributed by atoms with Crippen LogP contribution in [-0.4, -0.2) is 30.5 Å². The Hall–Kier alpha value is -0.770. The summed E-state index contributed by atoms with van der Waals surface area (Å²) in [6, 6.07) is -0.246. The van der Waals surface area contributed by atoms with Crippen molar-refractivity contribution in [3.8, 4) is 0 Å². The number of alkyl carbamates (subject to hydrolysis) is 1. The minimum absolute atomic E-state index is 0.0726. The molecule has 12 heavy (non-hydrogen) atoms. The third-order valence-electron chi connectivity index (χ3n) is 1.19. The third-order valence-corrected chi connectivity index (χ3v) is 1.19. The molecular formula is C8H17NO3. The molecule has 0 unspecified atom stereocenters. The average molecular weight is 175 g/mol. The van der Waals surface area contributed by atoms with Gasteiger partial charge in [-0.05, 0) is 12.8 Å². The lowest BCUT2D eigenvalue weighted by Gasteiger charge is -2.12. The SMILES string of the molecule is CC(C)COC(=O)N[C@H](C)CO. The number of aliphatic hydroxyl groups is 1. The molecule has 72 valence electrons. The normalized spacial score (nSPS) is 12.8. The van der Waals surface area contributed by atoms with Crippen molar-refractivity contribution in [2.75, 3.05) is 13.2 Å². The molecule has 2 N–H and O–H groups in total. The summed E-state index contributed by atoms with van der Waals surface area (Å²) in [7, 11) is 0. The summed E-state index contributed by atoms with van der Waals surface area (Å²) in [5.74, 6) is 0.334. The van der Waals surface area contributed by atoms with E-state index in [1.54, 1.807) is 6.92 Å². The molecule has 0 aromatic heterocycles. The van der Waals surface area contributed by atoms with Crippen molar-refractivity contribution < 1.29 is 14.6 Å². The van der Waals surface area contributed by atoms with Crippen LogP contribution >= 0.6 is 0 Å². The Kier molecular flexibility index (Phi) is 5.45. The van der Waals surface area contributed by atoms with Crippen molar-refractivity contribution in [3.63, 3.8) is 0 Å². The third kappa shape index (κ3) is 5.97. The summed E-state index contributed by atoms with van der Waals surface area (Å²) >= 11 is 0. The van der Waals surface area contributed by atoms with Gasteiger partial charge in [-0.25, -0.2) is 4.79 Å². The Morgan fingerprint density at radius 3 is 2.50 bits per heavy atom. The average Bonchev–Trinajstić information content (AvgIpc) is 2.00. The number of nitrogens with one attached hydrogen (secondary N) is 1. The maximum Gasteiger partial charge on any atom is 0.407 e. The number of hydrogen-bond donors (Lipinski definition) is 2. The molecule has 4 heteroatoms. The number of hydrogen-bond acceptors (Lipinski definition) is 3. The molecule has 1 amide bonds. The zero-order chi connectivity index (χ0) is 9.56. The highest BCUT2D eigenvalue weighted by Gasteiger charge is 2.06. The Labute approximate surface area is 72.9 Å². The fourth-order valence-electron chi connectivity index (χ4n) is 0.531. The fourth-order valence-corrected chi connectivity index (χ4v) is 0.531. The molecule has 0 radical (unpaired) electrons. The molecule has 0 saturated carbocycles. The summed E-state index contributed by atoms with van der Waals surface area (Å²) in [5.41, 5.74) is 0. The van der Waals surface area contributed by atoms with Crippen LogP contribution in [0.2, 0.25) is 0 Å². The minimum atomic E-state index is -0.467. The second-order valence-corrected chi connectivity index (χ2v) is 3.22. The Morgan fingerprint density at radius 2 is 2.08 bits per heavy atom. The molecule has 0 bridgehead atoms. The number of rotatable bonds is 4. The molecule has 0 aliphatic rings. The first-order chi connectivity index (χ1) is 5.56. The number of amides is 1. The Balaban J connectivity index is 3.46. The molecule has 0 spiro atoms. The molecule has 0 rings (SSSR count). The van der Waals surface area contributed by atoms with Crippen LogP contribution in [0.4, 0.5) is 4.79 Å². The summed E-state index contributed by atoms with van der Waals surface area (Å²) in [5, 5.41) is 11.1. The van der Waals surface area contributed by atoms with Gasteiger partial charge < -0.3 is 15.2 Å². The van der Waals surface area contributed by atoms with Gasteiger partial charge in [0.1, 0.15) is 0 Å². The molecule has 0 aromatic carbocycles. The van der Waals surface area contributed by atoms with Gasteiger partial charge >= 0.3 is 6.09 Å². The number of carbonyl (C=O) groups is 1. The van der Waals surface area contributed by atoms with Crippen molar-refractivity contribution >= 4 is 6.09 Å². The smallest absolute Gasteiger partial charge is 0.407 e. The summed E-state index contributed by atoms with van der Waals surface area (Å²) in [6.07, 6.45) is -0.467. The number of carbonyl (C=O) groups excluding carboxylic acids is 1. The van der Waals surface area contributed by atoms with E-state index in [1.165, 1.54) is 0 Å². The molecule has 0 aromatic rings. The van der Waals surface area contributed by atoms with E-state index >= 15 is 0 Å². The molecule has 0 aliphatic carbocycles. The molecule has 0 aliphatic heterocycles. The topological polar surface area (TPSA) is 58.6 Å². The van der Waals surface area contributed by atoms with E-state index in [2.05, 4.69) is 5.32 Å². The molecule has 1 atom stereocenters. The van der Waals surface area contributed by atoms with Gasteiger partial charge in [0.15, 0.2) is 0 Å². The first kappa shape index (κ1) is 11.2. The van der Waals surface area contributed by atoms with Gasteiger partial charge in [0.25, 0.3) is 0 Å². The van der Waals surface area contributed by atoms with E-state index in [0.29, 0.717) is 12.5 Å². The molecule has 0 fully saturated rings. The van der Waals surface area contributed by atoms with Gasteiger partial charge in [0, 0.05) is 0 Å². The highest BCUT2D eigenvalue weighted by molar-refractivity contribution is 5.67. The lowest BCUT2D eigenvalue weighted by atomic mass is 10.2. The lowest BCUT2D eigenvalue weighted by molar-refractivity contribution is 0.125. The molecular weight excluding hydrogens is 158 g/mol. The van der Waals surface area contributed by atoms with Crippen LogP contribution in [0.3, 0.4) is 0 Å². The molecule has 4 nitrogen and oxygen atoms in total. The molecule has 0 heterocycles. The first-order valence-corrected chi connectivity index (χ1v) is 4.10. The van der Waals surface area contributed by atoms with E-state index < -0.39 is 6.09 Å². The van der Waals surface area contributed by atoms with Crippen LogP contribution < -0.4 is 5.32 Å². The monoisotopic (exact) mass is 175 g/mol. The minimum Gasteiger partial charge on any atom is -0.449 e. The van der Waals surface area contributed by atoms with Crippen molar-refractivity contribution in [3.05, 3.63) is 0 Å². The summed E-state index contributed by atoms with van der Waals surface area (Å²) in [4.78, 5) is 10.9. The zero-order valence-electron chi connectivity index (χ0n) is 7.83. The van der Waals surface area contributed by atoms with Crippen LogP contribution in [0.15, 0.2) is 0 Å². The highest BCUT2D eigenvalue weighted by Crippen LogP contribution is 1.92. The maximum absolute atomic E-state index is 10.9. The predicted molar refractivity (Wildman–Crippen MR) is 45.9 cm³/mol. The molecule has 0 saturated heterocycles. The van der Waals surface area contributed by atoms with E-state index in [9.17, 15) is 4.79 Å². The highest BCUT2D eigenvalue weighted by atomic mass is 16.5. The number of aliphatic hydroxyl groups excluding tert-OH is 1. The van der Waals surface area contributed by atoms with E-state index in [0.717, 1.165) is 0 Å². The number of ether oxygens (including phenoxy) is 1. The quantitative estimate of drug-likeness (QED) is 0.662. The van der Waals surface area contributed by atoms with Crippen molar-refractivity contribution in [1.82, 2.24) is 5.32 Å². The summed E-state index contributed by atoms with van der Waals surface area (Å²) < 4.78 is 4.81. The Bertz CT molecular complexity index is 136. The predicted octanol–water partition coefficient (Wildman–Crippen LogP) is 0.749. The zero-order valence-corrected chi connectivity index (χ0v) is 7.83. The van der Waals surface area contributed by atoms with Crippen LogP contribution in [-0.2, 0) is 4.74 Å². The van der Waals surface area contributed by atoms with Crippen molar-refractivity contribution in [1.29, 1.82) is 0 Å². The van der Waals surface area contributed by atoms with E-state index in [1.807, 2.05) is 13.8 Å². The van der Waals surface area contributed by atoms with E-state index in [-0.39, 0.29) is 12.6 Å². The van der Waals surface area contributed by atoms with Crippen LogP contribution in [0.25, 0.3) is 0 Å². The van der Waals surface area contributed by atoms with Crippen LogP contribution in [0, 0.1) is 5.92 Å². The largest absolute Gasteiger partial charge is 0.449 e. The van der Waals surface area contributed by atoms with Gasteiger partial charge in [0.2, 0.25) is 0 Å². The summed E-state index contributed by atoms with van der Waals surface area (Å²) in [6.45, 7) is 5.96. The fraction of sp³-hybridized carbons (Fsp3) is 0.875. The standard InChI is InChI=1S/C8H17NO3/c1-6(2)5-12-8(11)9-7(3)4-10/h6-7,10H,4-5H2,1-3H3,(H,9,11)/t7-/m1/s1. The lowest BCUT2D eigenvalue weighted by Crippen LogP contribution is -2.35. The van der Waals surface area contributed by atoms with Crippen molar-refractivity contribution in [2.45, 2.75) is 26.8 Å². The van der Waals surface area contributed by atoms with Crippen LogP contribution in [0.5, 0.6) is 0 Å².